The highest BCUT2D eigenvalue weighted by Crippen LogP contribution is 2.33. The molecule has 2 aliphatic heterocycles. The lowest BCUT2D eigenvalue weighted by atomic mass is 9.86. The Morgan fingerprint density at radius 3 is 2.85 bits per heavy atom. The molecule has 13 heavy (non-hydrogen) atoms. The third-order valence-corrected chi connectivity index (χ3v) is 3.45. The van der Waals surface area contributed by atoms with Gasteiger partial charge in [-0.2, -0.15) is 0 Å². The van der Waals surface area contributed by atoms with Gasteiger partial charge in [0.15, 0.2) is 0 Å². The fraction of sp³-hybridized carbons (Fsp3) is 0.900. The predicted molar refractivity (Wildman–Crippen MR) is 51.5 cm³/mol. The van der Waals surface area contributed by atoms with E-state index >= 15 is 0 Å². The van der Waals surface area contributed by atoms with Gasteiger partial charge in [-0.3, -0.25) is 4.79 Å². The maximum absolute atomic E-state index is 11.5. The quantitative estimate of drug-likeness (QED) is 0.599. The number of nitrogens with one attached hydrogen (secondary N) is 1. The number of carbonyl (C=O) groups excluding carboxylic acids is 1. The Morgan fingerprint density at radius 2 is 2.23 bits per heavy atom. The van der Waals surface area contributed by atoms with Crippen LogP contribution < -0.4 is 5.32 Å². The van der Waals surface area contributed by atoms with E-state index in [2.05, 4.69) is 10.2 Å². The van der Waals surface area contributed by atoms with Gasteiger partial charge in [-0.15, -0.1) is 0 Å². The van der Waals surface area contributed by atoms with Gasteiger partial charge in [-0.05, 0) is 32.2 Å². The van der Waals surface area contributed by atoms with E-state index < -0.39 is 0 Å². The Labute approximate surface area is 79.5 Å². The van der Waals surface area contributed by atoms with Crippen LogP contribution in [0.4, 0.5) is 0 Å². The highest BCUT2D eigenvalue weighted by Gasteiger charge is 2.42. The van der Waals surface area contributed by atoms with Crippen molar-refractivity contribution in [2.24, 2.45) is 0 Å². The molecule has 2 rings (SSSR count). The van der Waals surface area contributed by atoms with Crippen LogP contribution in [0.5, 0.6) is 0 Å². The summed E-state index contributed by atoms with van der Waals surface area (Å²) in [6.45, 7) is 4.75. The SMILES string of the molecule is CC(=O)N1CCCC[C@]12CCNC2. The molecule has 0 aromatic heterocycles. The van der Waals surface area contributed by atoms with Gasteiger partial charge in [0.1, 0.15) is 0 Å². The van der Waals surface area contributed by atoms with E-state index in [4.69, 9.17) is 0 Å². The average Bonchev–Trinajstić information content (AvgIpc) is 2.54. The van der Waals surface area contributed by atoms with Gasteiger partial charge in [0.2, 0.25) is 5.91 Å². The van der Waals surface area contributed by atoms with Crippen LogP contribution in [0.15, 0.2) is 0 Å². The normalized spacial score (nSPS) is 34.1. The summed E-state index contributed by atoms with van der Waals surface area (Å²) in [6.07, 6.45) is 4.80. The van der Waals surface area contributed by atoms with Crippen LogP contribution in [0.25, 0.3) is 0 Å². The van der Waals surface area contributed by atoms with E-state index in [0.29, 0.717) is 0 Å². The third-order valence-electron chi connectivity index (χ3n) is 3.45. The Morgan fingerprint density at radius 1 is 1.38 bits per heavy atom. The van der Waals surface area contributed by atoms with E-state index in [-0.39, 0.29) is 11.4 Å². The van der Waals surface area contributed by atoms with Crippen LogP contribution in [0.1, 0.15) is 32.6 Å². The molecule has 0 aromatic carbocycles. The van der Waals surface area contributed by atoms with Crippen LogP contribution in [0.3, 0.4) is 0 Å². The molecule has 0 unspecified atom stereocenters. The van der Waals surface area contributed by atoms with Crippen LogP contribution in [-0.2, 0) is 4.79 Å². The zero-order valence-corrected chi connectivity index (χ0v) is 8.31. The van der Waals surface area contributed by atoms with E-state index in [1.165, 1.54) is 19.3 Å². The molecule has 1 spiro atoms. The molecule has 2 heterocycles. The second-order valence-corrected chi connectivity index (χ2v) is 4.28. The molecule has 2 saturated heterocycles. The fourth-order valence-electron chi connectivity index (χ4n) is 2.76. The van der Waals surface area contributed by atoms with Crippen LogP contribution in [0.2, 0.25) is 0 Å². The Kier molecular flexibility index (Phi) is 2.28. The van der Waals surface area contributed by atoms with Crippen molar-refractivity contribution in [3.63, 3.8) is 0 Å². The molecule has 2 aliphatic rings. The van der Waals surface area contributed by atoms with Crippen molar-refractivity contribution in [1.82, 2.24) is 10.2 Å². The highest BCUT2D eigenvalue weighted by molar-refractivity contribution is 5.74. The number of hydrogen-bond donors (Lipinski definition) is 1. The van der Waals surface area contributed by atoms with Gasteiger partial charge in [0, 0.05) is 20.0 Å². The molecular weight excluding hydrogens is 164 g/mol. The summed E-state index contributed by atoms with van der Waals surface area (Å²) in [5.41, 5.74) is 0.185. The van der Waals surface area contributed by atoms with Gasteiger partial charge < -0.3 is 10.2 Å². The van der Waals surface area contributed by atoms with Gasteiger partial charge in [-0.25, -0.2) is 0 Å². The maximum atomic E-state index is 11.5. The monoisotopic (exact) mass is 182 g/mol. The molecule has 0 radical (unpaired) electrons. The summed E-state index contributed by atoms with van der Waals surface area (Å²) < 4.78 is 0. The lowest BCUT2D eigenvalue weighted by Crippen LogP contribution is -2.55. The molecule has 0 saturated carbocycles. The second-order valence-electron chi connectivity index (χ2n) is 4.28. The third kappa shape index (κ3) is 1.46. The van der Waals surface area contributed by atoms with Crippen molar-refractivity contribution >= 4 is 5.91 Å². The number of likely N-dealkylation sites (tertiary alicyclic amines) is 1. The topological polar surface area (TPSA) is 32.3 Å². The van der Waals surface area contributed by atoms with E-state index in [0.717, 1.165) is 26.1 Å². The van der Waals surface area contributed by atoms with Crippen molar-refractivity contribution < 1.29 is 4.79 Å². The molecule has 0 aromatic rings. The number of amides is 1. The lowest BCUT2D eigenvalue weighted by molar-refractivity contribution is -0.136. The van der Waals surface area contributed by atoms with E-state index in [1.54, 1.807) is 6.92 Å². The molecular formula is C10H18N2O. The number of piperidine rings is 1. The first-order valence-electron chi connectivity index (χ1n) is 5.24. The molecule has 0 bridgehead atoms. The first kappa shape index (κ1) is 9.00. The van der Waals surface area contributed by atoms with Gasteiger partial charge in [0.25, 0.3) is 0 Å². The van der Waals surface area contributed by atoms with Crippen molar-refractivity contribution in [3.05, 3.63) is 0 Å². The fourth-order valence-corrected chi connectivity index (χ4v) is 2.76. The molecule has 1 amide bonds. The molecule has 3 heteroatoms. The Balaban J connectivity index is 2.16. The number of nitrogens with zero attached hydrogens (tertiary/aromatic N) is 1. The van der Waals surface area contributed by atoms with Crippen molar-refractivity contribution in [2.45, 2.75) is 38.1 Å². The molecule has 1 atom stereocenters. The zero-order chi connectivity index (χ0) is 9.31. The smallest absolute Gasteiger partial charge is 0.219 e. The standard InChI is InChI=1S/C10H18N2O/c1-9(13)12-7-3-2-4-10(12)5-6-11-8-10/h11H,2-8H2,1H3/t10-/m1/s1. The number of carbonyl (C=O) groups is 1. The summed E-state index contributed by atoms with van der Waals surface area (Å²) in [4.78, 5) is 13.6. The molecule has 1 N–H and O–H groups in total. The molecule has 0 aliphatic carbocycles. The Bertz CT molecular complexity index is 209. The summed E-state index contributed by atoms with van der Waals surface area (Å²) in [5, 5.41) is 3.37. The molecule has 3 nitrogen and oxygen atoms in total. The predicted octanol–water partition coefficient (Wildman–Crippen LogP) is 0.751. The van der Waals surface area contributed by atoms with Crippen LogP contribution in [-0.4, -0.2) is 36.0 Å². The van der Waals surface area contributed by atoms with Crippen molar-refractivity contribution in [3.8, 4) is 0 Å². The minimum absolute atomic E-state index is 0.185. The van der Waals surface area contributed by atoms with Crippen LogP contribution in [0, 0.1) is 0 Å². The minimum Gasteiger partial charge on any atom is -0.336 e. The van der Waals surface area contributed by atoms with Gasteiger partial charge in [-0.1, -0.05) is 0 Å². The average molecular weight is 182 g/mol. The minimum atomic E-state index is 0.185. The zero-order valence-electron chi connectivity index (χ0n) is 8.31. The number of hydrogen-bond acceptors (Lipinski definition) is 2. The van der Waals surface area contributed by atoms with Gasteiger partial charge >= 0.3 is 0 Å². The van der Waals surface area contributed by atoms with E-state index in [9.17, 15) is 4.79 Å². The largest absolute Gasteiger partial charge is 0.336 e. The molecule has 2 fully saturated rings. The van der Waals surface area contributed by atoms with Gasteiger partial charge in [0.05, 0.1) is 5.54 Å². The highest BCUT2D eigenvalue weighted by atomic mass is 16.2. The van der Waals surface area contributed by atoms with Crippen molar-refractivity contribution in [1.29, 1.82) is 0 Å². The lowest BCUT2D eigenvalue weighted by Gasteiger charge is -2.44. The van der Waals surface area contributed by atoms with E-state index in [1.807, 2.05) is 0 Å². The van der Waals surface area contributed by atoms with Crippen LogP contribution >= 0.6 is 0 Å². The summed E-state index contributed by atoms with van der Waals surface area (Å²) in [7, 11) is 0. The Hall–Kier alpha value is -0.570. The first-order valence-corrected chi connectivity index (χ1v) is 5.24. The summed E-state index contributed by atoms with van der Waals surface area (Å²) in [5.74, 6) is 0.253. The summed E-state index contributed by atoms with van der Waals surface area (Å²) >= 11 is 0. The summed E-state index contributed by atoms with van der Waals surface area (Å²) in [6, 6.07) is 0. The maximum Gasteiger partial charge on any atom is 0.219 e. The second kappa shape index (κ2) is 3.29. The molecule has 74 valence electrons. The van der Waals surface area contributed by atoms with Crippen molar-refractivity contribution in [2.75, 3.05) is 19.6 Å². The number of rotatable bonds is 0. The first-order chi connectivity index (χ1) is 6.25.